The fourth-order valence-corrected chi connectivity index (χ4v) is 5.35. The summed E-state index contributed by atoms with van der Waals surface area (Å²) in [6.07, 6.45) is 0.925. The zero-order chi connectivity index (χ0) is 28.5. The topological polar surface area (TPSA) is 103 Å². The number of carbonyl (C=O) groups excluding carboxylic acids is 2. The van der Waals surface area contributed by atoms with Crippen LogP contribution in [0.1, 0.15) is 37.8 Å². The molecule has 0 bridgehead atoms. The standard InChI is InChI=1S/C32H32N4O3S/c1-4-22-11-15-25(16-12-22)35-28(37)20-40-32-27(19-33)30(23-13-17-26(18-14-23)39-5-2)29(21(3)34-32)31(38)36-24-9-7-6-8-10-24/h6-18,30,34H,4-5,20H2,1-3H3,(H,35,37)(H,36,38). The third kappa shape index (κ3) is 6.93. The van der Waals surface area contributed by atoms with E-state index in [2.05, 4.69) is 28.9 Å². The molecule has 0 spiro atoms. The van der Waals surface area contributed by atoms with Crippen LogP contribution in [0, 0.1) is 11.3 Å². The lowest BCUT2D eigenvalue weighted by molar-refractivity contribution is -0.114. The number of dihydropyridines is 1. The molecule has 2 amide bonds. The minimum Gasteiger partial charge on any atom is -0.494 e. The maximum atomic E-state index is 13.6. The Balaban J connectivity index is 1.61. The summed E-state index contributed by atoms with van der Waals surface area (Å²) in [7, 11) is 0. The van der Waals surface area contributed by atoms with E-state index in [1.54, 1.807) is 0 Å². The Morgan fingerprint density at radius 1 is 0.950 bits per heavy atom. The van der Waals surface area contributed by atoms with Crippen LogP contribution in [0.5, 0.6) is 5.75 Å². The van der Waals surface area contributed by atoms with E-state index < -0.39 is 5.92 Å². The highest BCUT2D eigenvalue weighted by molar-refractivity contribution is 8.03. The second kappa shape index (κ2) is 13.5. The molecule has 0 saturated heterocycles. The number of allylic oxidation sites excluding steroid dienone is 2. The van der Waals surface area contributed by atoms with Crippen LogP contribution in [0.3, 0.4) is 0 Å². The molecular formula is C32H32N4O3S. The lowest BCUT2D eigenvalue weighted by Crippen LogP contribution is -2.31. The van der Waals surface area contributed by atoms with Crippen molar-refractivity contribution in [3.63, 3.8) is 0 Å². The molecule has 1 atom stereocenters. The number of rotatable bonds is 10. The van der Waals surface area contributed by atoms with Gasteiger partial charge in [-0.2, -0.15) is 5.26 Å². The molecular weight excluding hydrogens is 520 g/mol. The fraction of sp³-hybridized carbons (Fsp3) is 0.219. The maximum Gasteiger partial charge on any atom is 0.254 e. The largest absolute Gasteiger partial charge is 0.494 e. The summed E-state index contributed by atoms with van der Waals surface area (Å²) in [5, 5.41) is 20.0. The van der Waals surface area contributed by atoms with E-state index in [0.717, 1.165) is 17.7 Å². The zero-order valence-electron chi connectivity index (χ0n) is 22.8. The average Bonchev–Trinajstić information content (AvgIpc) is 2.97. The number of amides is 2. The Bertz CT molecular complexity index is 1460. The summed E-state index contributed by atoms with van der Waals surface area (Å²) in [5.41, 5.74) is 4.77. The number of carbonyl (C=O) groups is 2. The number of ether oxygens (including phenoxy) is 1. The van der Waals surface area contributed by atoms with Gasteiger partial charge in [0.25, 0.3) is 5.91 Å². The van der Waals surface area contributed by atoms with Crippen molar-refractivity contribution >= 4 is 35.0 Å². The minimum absolute atomic E-state index is 0.0951. The Labute approximate surface area is 239 Å². The van der Waals surface area contributed by atoms with Crippen LogP contribution in [-0.2, 0) is 16.0 Å². The second-order valence-electron chi connectivity index (χ2n) is 9.16. The number of benzene rings is 3. The van der Waals surface area contributed by atoms with Crippen molar-refractivity contribution in [2.75, 3.05) is 23.0 Å². The average molecular weight is 553 g/mol. The number of thioether (sulfide) groups is 1. The van der Waals surface area contributed by atoms with Gasteiger partial charge in [0.05, 0.1) is 34.9 Å². The molecule has 40 heavy (non-hydrogen) atoms. The molecule has 1 aliphatic rings. The second-order valence-corrected chi connectivity index (χ2v) is 10.1. The first-order chi connectivity index (χ1) is 19.4. The van der Waals surface area contributed by atoms with E-state index in [-0.39, 0.29) is 17.6 Å². The third-order valence-corrected chi connectivity index (χ3v) is 7.46. The molecule has 3 N–H and O–H groups in total. The first-order valence-electron chi connectivity index (χ1n) is 13.2. The van der Waals surface area contributed by atoms with E-state index in [9.17, 15) is 14.9 Å². The highest BCUT2D eigenvalue weighted by Gasteiger charge is 2.35. The van der Waals surface area contributed by atoms with Gasteiger partial charge in [-0.3, -0.25) is 9.59 Å². The SMILES string of the molecule is CCOc1ccc(C2C(C#N)=C(SCC(=O)Nc3ccc(CC)cc3)NC(C)=C2C(=O)Nc2ccccc2)cc1. The number of nitrogens with zero attached hydrogens (tertiary/aromatic N) is 1. The molecule has 1 heterocycles. The molecule has 3 aromatic carbocycles. The van der Waals surface area contributed by atoms with Crippen molar-refractivity contribution in [1.82, 2.24) is 5.32 Å². The number of nitriles is 1. The van der Waals surface area contributed by atoms with Crippen LogP contribution in [0.4, 0.5) is 11.4 Å². The van der Waals surface area contributed by atoms with E-state index >= 15 is 0 Å². The van der Waals surface area contributed by atoms with Gasteiger partial charge in [0.2, 0.25) is 5.91 Å². The van der Waals surface area contributed by atoms with E-state index in [1.807, 2.05) is 92.7 Å². The molecule has 0 aromatic heterocycles. The lowest BCUT2D eigenvalue weighted by atomic mass is 9.82. The molecule has 1 unspecified atom stereocenters. The van der Waals surface area contributed by atoms with Crippen LogP contribution in [0.2, 0.25) is 0 Å². The van der Waals surface area contributed by atoms with Crippen LogP contribution in [-0.4, -0.2) is 24.2 Å². The molecule has 0 saturated carbocycles. The highest BCUT2D eigenvalue weighted by atomic mass is 32.2. The van der Waals surface area contributed by atoms with E-state index in [0.29, 0.717) is 39.9 Å². The number of nitrogens with one attached hydrogen (secondary N) is 3. The van der Waals surface area contributed by atoms with Gasteiger partial charge in [-0.25, -0.2) is 0 Å². The van der Waals surface area contributed by atoms with Crippen molar-refractivity contribution < 1.29 is 14.3 Å². The monoisotopic (exact) mass is 552 g/mol. The Hall–Kier alpha value is -4.48. The molecule has 1 aliphatic heterocycles. The van der Waals surface area contributed by atoms with Crippen molar-refractivity contribution in [2.45, 2.75) is 33.1 Å². The van der Waals surface area contributed by atoms with E-state index in [4.69, 9.17) is 4.74 Å². The first-order valence-corrected chi connectivity index (χ1v) is 14.1. The van der Waals surface area contributed by atoms with Crippen molar-refractivity contribution in [1.29, 1.82) is 5.26 Å². The Morgan fingerprint density at radius 2 is 1.62 bits per heavy atom. The number of hydrogen-bond donors (Lipinski definition) is 3. The van der Waals surface area contributed by atoms with Gasteiger partial charge in [0.15, 0.2) is 0 Å². The maximum absolute atomic E-state index is 13.6. The molecule has 8 heteroatoms. The van der Waals surface area contributed by atoms with Gasteiger partial charge >= 0.3 is 0 Å². The summed E-state index contributed by atoms with van der Waals surface area (Å²) in [4.78, 5) is 26.3. The molecule has 3 aromatic rings. The predicted molar refractivity (Wildman–Crippen MR) is 161 cm³/mol. The van der Waals surface area contributed by atoms with E-state index in [1.165, 1.54) is 17.3 Å². The van der Waals surface area contributed by atoms with Gasteiger partial charge in [0.1, 0.15) is 5.75 Å². The number of hydrogen-bond acceptors (Lipinski definition) is 6. The van der Waals surface area contributed by atoms with Crippen LogP contribution >= 0.6 is 11.8 Å². The summed E-state index contributed by atoms with van der Waals surface area (Å²) in [6, 6.07) is 26.7. The number of aryl methyl sites for hydroxylation is 1. The minimum atomic E-state index is -0.627. The highest BCUT2D eigenvalue weighted by Crippen LogP contribution is 2.41. The zero-order valence-corrected chi connectivity index (χ0v) is 23.6. The van der Waals surface area contributed by atoms with Crippen molar-refractivity contribution in [3.8, 4) is 11.8 Å². The molecule has 204 valence electrons. The van der Waals surface area contributed by atoms with Crippen LogP contribution in [0.15, 0.2) is 101 Å². The Morgan fingerprint density at radius 3 is 2.25 bits per heavy atom. The van der Waals surface area contributed by atoms with Gasteiger partial charge in [-0.15, -0.1) is 0 Å². The molecule has 0 fully saturated rings. The number of anilines is 2. The molecule has 0 aliphatic carbocycles. The van der Waals surface area contributed by atoms with Gasteiger partial charge in [-0.05, 0) is 67.8 Å². The summed E-state index contributed by atoms with van der Waals surface area (Å²) >= 11 is 1.24. The number of para-hydroxylation sites is 1. The predicted octanol–water partition coefficient (Wildman–Crippen LogP) is 6.35. The normalized spacial score (nSPS) is 14.7. The third-order valence-electron chi connectivity index (χ3n) is 6.44. The smallest absolute Gasteiger partial charge is 0.254 e. The van der Waals surface area contributed by atoms with Crippen molar-refractivity contribution in [2.24, 2.45) is 0 Å². The quantitative estimate of drug-likeness (QED) is 0.271. The fourth-order valence-electron chi connectivity index (χ4n) is 4.46. The first kappa shape index (κ1) is 28.5. The summed E-state index contributed by atoms with van der Waals surface area (Å²) in [6.45, 7) is 6.34. The van der Waals surface area contributed by atoms with Crippen LogP contribution < -0.4 is 20.7 Å². The molecule has 4 rings (SSSR count). The molecule has 0 radical (unpaired) electrons. The Kier molecular flexibility index (Phi) is 9.66. The molecule has 7 nitrogen and oxygen atoms in total. The van der Waals surface area contributed by atoms with Crippen molar-refractivity contribution in [3.05, 3.63) is 112 Å². The summed E-state index contributed by atoms with van der Waals surface area (Å²) < 4.78 is 5.59. The van der Waals surface area contributed by atoms with Gasteiger partial charge in [0, 0.05) is 22.6 Å². The van der Waals surface area contributed by atoms with Gasteiger partial charge < -0.3 is 20.7 Å². The summed E-state index contributed by atoms with van der Waals surface area (Å²) in [5.74, 6) is -0.319. The van der Waals surface area contributed by atoms with Crippen LogP contribution in [0.25, 0.3) is 0 Å². The van der Waals surface area contributed by atoms with Gasteiger partial charge in [-0.1, -0.05) is 61.2 Å². The lowest BCUT2D eigenvalue weighted by Gasteiger charge is -2.30.